The molecule has 0 radical (unpaired) electrons. The zero-order chi connectivity index (χ0) is 20.5. The molecule has 0 atom stereocenters. The van der Waals surface area contributed by atoms with Crippen LogP contribution >= 0.6 is 0 Å². The van der Waals surface area contributed by atoms with Gasteiger partial charge in [-0.2, -0.15) is 0 Å². The number of aliphatic imine (C=N–C) groups is 1. The van der Waals surface area contributed by atoms with E-state index >= 15 is 0 Å². The van der Waals surface area contributed by atoms with Gasteiger partial charge >= 0.3 is 5.97 Å². The highest BCUT2D eigenvalue weighted by Crippen LogP contribution is 2.19. The maximum atomic E-state index is 11.7. The Morgan fingerprint density at radius 1 is 1.07 bits per heavy atom. The Kier molecular flexibility index (Phi) is 8.35. The number of nitrogens with zero attached hydrogens (tertiary/aromatic N) is 3. The van der Waals surface area contributed by atoms with E-state index in [0.717, 1.165) is 45.0 Å². The van der Waals surface area contributed by atoms with Crippen LogP contribution in [-0.2, 0) is 22.6 Å². The molecule has 6 nitrogen and oxygen atoms in total. The van der Waals surface area contributed by atoms with Crippen LogP contribution in [0.25, 0.3) is 0 Å². The Morgan fingerprint density at radius 3 is 2.34 bits per heavy atom. The number of piperidine rings is 2. The molecular weight excluding hydrogens is 364 g/mol. The molecule has 0 aliphatic carbocycles. The van der Waals surface area contributed by atoms with E-state index in [1.54, 1.807) is 0 Å². The molecule has 2 saturated heterocycles. The van der Waals surface area contributed by atoms with E-state index in [4.69, 9.17) is 9.73 Å². The van der Waals surface area contributed by atoms with Gasteiger partial charge in [-0.25, -0.2) is 4.99 Å². The van der Waals surface area contributed by atoms with Crippen molar-refractivity contribution in [1.82, 2.24) is 15.1 Å². The monoisotopic (exact) mass is 400 g/mol. The molecule has 1 N–H and O–H groups in total. The first-order chi connectivity index (χ1) is 14.2. The van der Waals surface area contributed by atoms with E-state index in [-0.39, 0.29) is 11.9 Å². The van der Waals surface area contributed by atoms with Crippen LogP contribution in [0.2, 0.25) is 0 Å². The van der Waals surface area contributed by atoms with E-state index in [9.17, 15) is 4.79 Å². The molecule has 3 rings (SSSR count). The van der Waals surface area contributed by atoms with Crippen LogP contribution in [0.4, 0.5) is 0 Å². The minimum absolute atomic E-state index is 0.0200. The standard InChI is InChI=1S/C23H36N4O2/c1-3-24-23(27-15-11-21(12-16-27)22(28)29-2)25-17-19-7-9-20(10-8-19)18-26-13-5-4-6-14-26/h7-10,21H,3-6,11-18H2,1-2H3,(H,24,25). The van der Waals surface area contributed by atoms with Gasteiger partial charge in [0.2, 0.25) is 0 Å². The number of guanidine groups is 1. The van der Waals surface area contributed by atoms with Crippen molar-refractivity contribution in [3.8, 4) is 0 Å². The average Bonchev–Trinajstić information content (AvgIpc) is 2.78. The van der Waals surface area contributed by atoms with Crippen LogP contribution in [0.1, 0.15) is 50.2 Å². The first-order valence-corrected chi connectivity index (χ1v) is 11.1. The summed E-state index contributed by atoms with van der Waals surface area (Å²) in [4.78, 5) is 21.4. The largest absolute Gasteiger partial charge is 0.469 e. The normalized spacial score (nSPS) is 19.2. The maximum absolute atomic E-state index is 11.7. The molecule has 0 aromatic heterocycles. The summed E-state index contributed by atoms with van der Waals surface area (Å²) in [6, 6.07) is 8.90. The number of hydrogen-bond donors (Lipinski definition) is 1. The van der Waals surface area contributed by atoms with Crippen LogP contribution < -0.4 is 5.32 Å². The van der Waals surface area contributed by atoms with Crippen molar-refractivity contribution in [2.24, 2.45) is 10.9 Å². The summed E-state index contributed by atoms with van der Waals surface area (Å²) in [7, 11) is 1.47. The predicted octanol–water partition coefficient (Wildman–Crippen LogP) is 3.02. The Labute approximate surface area is 175 Å². The summed E-state index contributed by atoms with van der Waals surface area (Å²) >= 11 is 0. The lowest BCUT2D eigenvalue weighted by Gasteiger charge is -2.33. The third-order valence-electron chi connectivity index (χ3n) is 5.95. The number of carbonyl (C=O) groups excluding carboxylic acids is 1. The van der Waals surface area contributed by atoms with Gasteiger partial charge in [0.1, 0.15) is 0 Å². The van der Waals surface area contributed by atoms with Crippen molar-refractivity contribution < 1.29 is 9.53 Å². The highest BCUT2D eigenvalue weighted by atomic mass is 16.5. The number of ether oxygens (including phenoxy) is 1. The fourth-order valence-electron chi connectivity index (χ4n) is 4.21. The van der Waals surface area contributed by atoms with Crippen molar-refractivity contribution in [1.29, 1.82) is 0 Å². The summed E-state index contributed by atoms with van der Waals surface area (Å²) in [6.07, 6.45) is 5.68. The van der Waals surface area contributed by atoms with Gasteiger partial charge in [0.05, 0.1) is 19.6 Å². The molecule has 2 fully saturated rings. The van der Waals surface area contributed by atoms with Crippen LogP contribution in [0.15, 0.2) is 29.3 Å². The van der Waals surface area contributed by atoms with Crippen molar-refractivity contribution in [2.75, 3.05) is 39.8 Å². The molecule has 2 heterocycles. The van der Waals surface area contributed by atoms with E-state index in [2.05, 4.69) is 46.3 Å². The number of hydrogen-bond acceptors (Lipinski definition) is 4. The lowest BCUT2D eigenvalue weighted by atomic mass is 9.97. The second-order valence-corrected chi connectivity index (χ2v) is 8.11. The third-order valence-corrected chi connectivity index (χ3v) is 5.95. The second kappa shape index (κ2) is 11.2. The molecule has 0 unspecified atom stereocenters. The minimum Gasteiger partial charge on any atom is -0.469 e. The van der Waals surface area contributed by atoms with Gasteiger partial charge in [0, 0.05) is 26.2 Å². The van der Waals surface area contributed by atoms with Crippen molar-refractivity contribution >= 4 is 11.9 Å². The number of methoxy groups -OCH3 is 1. The molecule has 1 aromatic carbocycles. The number of carbonyl (C=O) groups is 1. The van der Waals surface area contributed by atoms with Gasteiger partial charge in [0.15, 0.2) is 5.96 Å². The van der Waals surface area contributed by atoms with Gasteiger partial charge in [-0.15, -0.1) is 0 Å². The topological polar surface area (TPSA) is 57.2 Å². The smallest absolute Gasteiger partial charge is 0.308 e. The predicted molar refractivity (Wildman–Crippen MR) is 117 cm³/mol. The Balaban J connectivity index is 1.53. The zero-order valence-electron chi connectivity index (χ0n) is 18.0. The van der Waals surface area contributed by atoms with Crippen LogP contribution in [0.5, 0.6) is 0 Å². The van der Waals surface area contributed by atoms with E-state index in [0.29, 0.717) is 6.54 Å². The summed E-state index contributed by atoms with van der Waals surface area (Å²) in [6.45, 7) is 8.78. The molecule has 0 saturated carbocycles. The fourth-order valence-corrected chi connectivity index (χ4v) is 4.21. The Bertz CT molecular complexity index is 660. The molecule has 6 heteroatoms. The molecule has 29 heavy (non-hydrogen) atoms. The molecule has 0 amide bonds. The summed E-state index contributed by atoms with van der Waals surface area (Å²) in [5.74, 6) is 0.871. The number of rotatable bonds is 6. The lowest BCUT2D eigenvalue weighted by molar-refractivity contribution is -0.146. The maximum Gasteiger partial charge on any atom is 0.308 e. The van der Waals surface area contributed by atoms with Crippen molar-refractivity contribution in [3.63, 3.8) is 0 Å². The molecule has 2 aliphatic rings. The Hall–Kier alpha value is -2.08. The highest BCUT2D eigenvalue weighted by molar-refractivity contribution is 5.80. The van der Waals surface area contributed by atoms with Gasteiger partial charge in [-0.3, -0.25) is 9.69 Å². The molecular formula is C23H36N4O2. The second-order valence-electron chi connectivity index (χ2n) is 8.11. The van der Waals surface area contributed by atoms with E-state index in [1.807, 2.05) is 0 Å². The van der Waals surface area contributed by atoms with Crippen LogP contribution in [-0.4, -0.2) is 61.6 Å². The SMILES string of the molecule is CCNC(=NCc1ccc(CN2CCCCC2)cc1)N1CCC(C(=O)OC)CC1. The number of esters is 1. The molecule has 0 bridgehead atoms. The zero-order valence-corrected chi connectivity index (χ0v) is 18.0. The fraction of sp³-hybridized carbons (Fsp3) is 0.652. The average molecular weight is 401 g/mol. The number of benzene rings is 1. The highest BCUT2D eigenvalue weighted by Gasteiger charge is 2.26. The first kappa shape index (κ1) is 21.6. The summed E-state index contributed by atoms with van der Waals surface area (Å²) < 4.78 is 4.89. The summed E-state index contributed by atoms with van der Waals surface area (Å²) in [5, 5.41) is 3.40. The molecule has 2 aliphatic heterocycles. The minimum atomic E-state index is -0.0868. The quantitative estimate of drug-likeness (QED) is 0.452. The third kappa shape index (κ3) is 6.46. The van der Waals surface area contributed by atoms with Crippen molar-refractivity contribution in [2.45, 2.75) is 52.1 Å². The molecule has 0 spiro atoms. The number of nitrogens with one attached hydrogen (secondary N) is 1. The van der Waals surface area contributed by atoms with Gasteiger partial charge < -0.3 is 15.0 Å². The van der Waals surface area contributed by atoms with Gasteiger partial charge in [-0.1, -0.05) is 30.7 Å². The Morgan fingerprint density at radius 2 is 1.72 bits per heavy atom. The van der Waals surface area contributed by atoms with E-state index < -0.39 is 0 Å². The van der Waals surface area contributed by atoms with Crippen molar-refractivity contribution in [3.05, 3.63) is 35.4 Å². The number of likely N-dealkylation sites (tertiary alicyclic amines) is 2. The van der Waals surface area contributed by atoms with Gasteiger partial charge in [0.25, 0.3) is 0 Å². The van der Waals surface area contributed by atoms with Gasteiger partial charge in [-0.05, 0) is 56.8 Å². The summed E-state index contributed by atoms with van der Waals surface area (Å²) in [5.41, 5.74) is 2.61. The first-order valence-electron chi connectivity index (χ1n) is 11.1. The molecule has 1 aromatic rings. The lowest BCUT2D eigenvalue weighted by Crippen LogP contribution is -2.46. The molecule has 160 valence electrons. The van der Waals surface area contributed by atoms with E-state index in [1.165, 1.54) is 50.6 Å². The van der Waals surface area contributed by atoms with Crippen LogP contribution in [0.3, 0.4) is 0 Å². The van der Waals surface area contributed by atoms with Crippen LogP contribution in [0, 0.1) is 5.92 Å².